The Balaban J connectivity index is 0.000000286. The van der Waals surface area contributed by atoms with E-state index in [-0.39, 0.29) is 5.82 Å². The summed E-state index contributed by atoms with van der Waals surface area (Å²) in [6.07, 6.45) is -4.63. The first kappa shape index (κ1) is 29.2. The summed E-state index contributed by atoms with van der Waals surface area (Å²) in [5.74, 6) is -4.70. The van der Waals surface area contributed by atoms with Crippen molar-refractivity contribution in [2.45, 2.75) is 32.0 Å². The van der Waals surface area contributed by atoms with Gasteiger partial charge in [-0.1, -0.05) is 18.2 Å². The highest BCUT2D eigenvalue weighted by Gasteiger charge is 2.38. The SMILES string of the molecule is Fc1cccc(-c2cnc3n2CCN(Cc2cccnc2)C3)c1.O=C(O)C(F)(F)F.O=C(O)C(F)(F)F. The highest BCUT2D eigenvalue weighted by atomic mass is 19.4. The number of fused-ring (bicyclic) bond motifs is 1. The highest BCUT2D eigenvalue weighted by Crippen LogP contribution is 2.25. The minimum Gasteiger partial charge on any atom is -0.475 e. The fourth-order valence-corrected chi connectivity index (χ4v) is 3.07. The Morgan fingerprint density at radius 2 is 1.54 bits per heavy atom. The van der Waals surface area contributed by atoms with E-state index in [0.29, 0.717) is 0 Å². The summed E-state index contributed by atoms with van der Waals surface area (Å²) >= 11 is 0. The predicted octanol–water partition coefficient (Wildman–Crippen LogP) is 4.37. The summed E-state index contributed by atoms with van der Waals surface area (Å²) in [5.41, 5.74) is 3.07. The number of hydrogen-bond acceptors (Lipinski definition) is 5. The molecule has 0 aliphatic carbocycles. The molecule has 0 bridgehead atoms. The third-order valence-electron chi connectivity index (χ3n) is 4.68. The van der Waals surface area contributed by atoms with Crippen LogP contribution < -0.4 is 0 Å². The molecule has 15 heteroatoms. The molecule has 37 heavy (non-hydrogen) atoms. The first-order chi connectivity index (χ1) is 17.2. The lowest BCUT2D eigenvalue weighted by molar-refractivity contribution is -0.193. The van der Waals surface area contributed by atoms with Crippen molar-refractivity contribution >= 4 is 11.9 Å². The highest BCUT2D eigenvalue weighted by molar-refractivity contribution is 5.73. The fraction of sp³-hybridized carbons (Fsp3) is 0.273. The van der Waals surface area contributed by atoms with Crippen molar-refractivity contribution in [3.63, 3.8) is 0 Å². The van der Waals surface area contributed by atoms with Crippen LogP contribution >= 0.6 is 0 Å². The van der Waals surface area contributed by atoms with Gasteiger partial charge in [0.2, 0.25) is 0 Å². The second kappa shape index (κ2) is 12.3. The van der Waals surface area contributed by atoms with E-state index < -0.39 is 24.3 Å². The van der Waals surface area contributed by atoms with Crippen molar-refractivity contribution in [3.05, 3.63) is 72.2 Å². The average Bonchev–Trinajstić information content (AvgIpc) is 3.23. The molecule has 0 unspecified atom stereocenters. The van der Waals surface area contributed by atoms with Crippen LogP contribution in [0.25, 0.3) is 11.3 Å². The Morgan fingerprint density at radius 1 is 0.919 bits per heavy atom. The summed E-state index contributed by atoms with van der Waals surface area (Å²) in [5, 5.41) is 14.2. The molecule has 0 fully saturated rings. The first-order valence-electron chi connectivity index (χ1n) is 10.2. The molecule has 1 aliphatic heterocycles. The maximum absolute atomic E-state index is 13.5. The molecule has 200 valence electrons. The summed E-state index contributed by atoms with van der Waals surface area (Å²) in [4.78, 5) is 28.8. The van der Waals surface area contributed by atoms with E-state index in [2.05, 4.69) is 25.5 Å². The monoisotopic (exact) mass is 536 g/mol. The average molecular weight is 536 g/mol. The molecule has 1 aliphatic rings. The maximum atomic E-state index is 13.5. The molecule has 0 atom stereocenters. The third-order valence-corrected chi connectivity index (χ3v) is 4.68. The van der Waals surface area contributed by atoms with Gasteiger partial charge >= 0.3 is 24.3 Å². The lowest BCUT2D eigenvalue weighted by atomic mass is 10.1. The van der Waals surface area contributed by atoms with E-state index in [1.165, 1.54) is 11.6 Å². The van der Waals surface area contributed by atoms with Gasteiger partial charge in [0.25, 0.3) is 0 Å². The van der Waals surface area contributed by atoms with Crippen molar-refractivity contribution in [2.75, 3.05) is 6.54 Å². The molecule has 2 N–H and O–H groups in total. The second-order valence-electron chi connectivity index (χ2n) is 7.40. The zero-order chi connectivity index (χ0) is 27.8. The molecule has 0 spiro atoms. The summed E-state index contributed by atoms with van der Waals surface area (Å²) in [6, 6.07) is 10.7. The van der Waals surface area contributed by atoms with E-state index in [9.17, 15) is 30.7 Å². The van der Waals surface area contributed by atoms with Gasteiger partial charge in [0.15, 0.2) is 0 Å². The van der Waals surface area contributed by atoms with Crippen molar-refractivity contribution in [1.29, 1.82) is 0 Å². The van der Waals surface area contributed by atoms with Gasteiger partial charge in [-0.15, -0.1) is 0 Å². The van der Waals surface area contributed by atoms with E-state index in [1.807, 2.05) is 24.5 Å². The lowest BCUT2D eigenvalue weighted by Crippen LogP contribution is -2.33. The molecule has 0 amide bonds. The van der Waals surface area contributed by atoms with Gasteiger partial charge < -0.3 is 14.8 Å². The van der Waals surface area contributed by atoms with E-state index in [0.717, 1.165) is 43.3 Å². The third kappa shape index (κ3) is 9.18. The zero-order valence-corrected chi connectivity index (χ0v) is 18.7. The maximum Gasteiger partial charge on any atom is 0.490 e. The fourth-order valence-electron chi connectivity index (χ4n) is 3.07. The van der Waals surface area contributed by atoms with Gasteiger partial charge in [-0.3, -0.25) is 9.88 Å². The molecule has 0 saturated heterocycles. The number of halogens is 7. The first-order valence-corrected chi connectivity index (χ1v) is 10.2. The van der Waals surface area contributed by atoms with Gasteiger partial charge in [0, 0.05) is 37.6 Å². The normalized spacial score (nSPS) is 13.4. The summed E-state index contributed by atoms with van der Waals surface area (Å²) < 4.78 is 79.1. The molecule has 2 aromatic heterocycles. The molecule has 1 aromatic carbocycles. The van der Waals surface area contributed by atoms with Crippen LogP contribution in [0.3, 0.4) is 0 Å². The number of carbonyl (C=O) groups is 2. The van der Waals surface area contributed by atoms with Gasteiger partial charge in [0.05, 0.1) is 18.4 Å². The topological polar surface area (TPSA) is 109 Å². The van der Waals surface area contributed by atoms with Crippen molar-refractivity contribution in [1.82, 2.24) is 19.4 Å². The van der Waals surface area contributed by atoms with E-state index in [4.69, 9.17) is 19.8 Å². The molecule has 8 nitrogen and oxygen atoms in total. The molecule has 0 radical (unpaired) electrons. The Labute approximate surface area is 204 Å². The van der Waals surface area contributed by atoms with Crippen molar-refractivity contribution in [2.24, 2.45) is 0 Å². The molecule has 0 saturated carbocycles. The predicted molar refractivity (Wildman–Crippen MR) is 113 cm³/mol. The van der Waals surface area contributed by atoms with Crippen LogP contribution in [0.1, 0.15) is 11.4 Å². The van der Waals surface area contributed by atoms with Crippen LogP contribution in [-0.2, 0) is 29.2 Å². The quantitative estimate of drug-likeness (QED) is 0.479. The summed E-state index contributed by atoms with van der Waals surface area (Å²) in [7, 11) is 0. The Hall–Kier alpha value is -4.01. The Kier molecular flexibility index (Phi) is 9.71. The summed E-state index contributed by atoms with van der Waals surface area (Å²) in [6.45, 7) is 3.47. The minimum absolute atomic E-state index is 0.216. The number of aromatic nitrogens is 3. The van der Waals surface area contributed by atoms with Crippen LogP contribution in [0.2, 0.25) is 0 Å². The standard InChI is InChI=1S/C18H17FN4.2C2HF3O2/c19-16-5-1-4-15(9-16)17-11-21-18-13-22(7-8-23(17)18)12-14-3-2-6-20-10-14;2*3-2(4,5)1(6)7/h1-6,9-11H,7-8,12-13H2;2*(H,6,7). The number of pyridine rings is 1. The molecule has 3 aromatic rings. The Morgan fingerprint density at radius 3 is 2.05 bits per heavy atom. The smallest absolute Gasteiger partial charge is 0.475 e. The largest absolute Gasteiger partial charge is 0.490 e. The number of benzene rings is 1. The molecular formula is C22H19F7N4O4. The van der Waals surface area contributed by atoms with Gasteiger partial charge in [0.1, 0.15) is 11.6 Å². The van der Waals surface area contributed by atoms with Gasteiger partial charge in [-0.25, -0.2) is 19.0 Å². The number of rotatable bonds is 3. The van der Waals surface area contributed by atoms with E-state index in [1.54, 1.807) is 18.3 Å². The van der Waals surface area contributed by atoms with Crippen molar-refractivity contribution < 1.29 is 50.5 Å². The van der Waals surface area contributed by atoms with E-state index >= 15 is 0 Å². The van der Waals surface area contributed by atoms with Crippen LogP contribution in [0.5, 0.6) is 0 Å². The zero-order valence-electron chi connectivity index (χ0n) is 18.7. The van der Waals surface area contributed by atoms with Gasteiger partial charge in [-0.2, -0.15) is 26.3 Å². The number of alkyl halides is 6. The number of nitrogens with zero attached hydrogens (tertiary/aromatic N) is 4. The van der Waals surface area contributed by atoms with Crippen LogP contribution in [0, 0.1) is 5.82 Å². The van der Waals surface area contributed by atoms with Crippen LogP contribution in [0.4, 0.5) is 30.7 Å². The van der Waals surface area contributed by atoms with Crippen LogP contribution in [0.15, 0.2) is 55.0 Å². The van der Waals surface area contributed by atoms with Crippen LogP contribution in [-0.4, -0.2) is 60.5 Å². The number of aliphatic carboxylic acids is 2. The Bertz CT molecular complexity index is 1170. The number of imidazole rings is 1. The minimum atomic E-state index is -5.08. The molecule has 3 heterocycles. The number of carboxylic acid groups (broad SMARTS) is 2. The van der Waals surface area contributed by atoms with Crippen molar-refractivity contribution in [3.8, 4) is 11.3 Å². The number of carboxylic acids is 2. The lowest BCUT2D eigenvalue weighted by Gasteiger charge is -2.28. The second-order valence-corrected chi connectivity index (χ2v) is 7.40. The van der Waals surface area contributed by atoms with Gasteiger partial charge in [-0.05, 0) is 23.8 Å². The molecule has 4 rings (SSSR count). The molecular weight excluding hydrogens is 517 g/mol. The number of hydrogen-bond donors (Lipinski definition) is 2.